The number of rotatable bonds is 5. The summed E-state index contributed by atoms with van der Waals surface area (Å²) < 4.78 is 27.6. The molecule has 1 aromatic heterocycles. The fourth-order valence-corrected chi connectivity index (χ4v) is 6.64. The largest absolute Gasteiger partial charge is 0.321 e. The number of carbonyl (C=O) groups is 2. The van der Waals surface area contributed by atoms with Crippen LogP contribution in [0.1, 0.15) is 44.9 Å². The predicted octanol–water partition coefficient (Wildman–Crippen LogP) is 4.38. The van der Waals surface area contributed by atoms with Gasteiger partial charge in [0.25, 0.3) is 11.8 Å². The summed E-state index contributed by atoms with van der Waals surface area (Å²) in [7, 11) is -3.51. The van der Waals surface area contributed by atoms with E-state index in [1.54, 1.807) is 57.7 Å². The Morgan fingerprint density at radius 1 is 0.912 bits per heavy atom. The highest BCUT2D eigenvalue weighted by Crippen LogP contribution is 2.33. The van der Waals surface area contributed by atoms with Crippen LogP contribution >= 0.6 is 11.3 Å². The van der Waals surface area contributed by atoms with E-state index in [1.807, 2.05) is 11.4 Å². The van der Waals surface area contributed by atoms with Crippen LogP contribution in [0.25, 0.3) is 0 Å². The lowest BCUT2D eigenvalue weighted by Gasteiger charge is -2.26. The van der Waals surface area contributed by atoms with Crippen molar-refractivity contribution in [3.05, 3.63) is 76.0 Å². The Morgan fingerprint density at radius 2 is 1.68 bits per heavy atom. The Bertz CT molecular complexity index is 1310. The smallest absolute Gasteiger partial charge is 0.265 e. The van der Waals surface area contributed by atoms with Crippen molar-refractivity contribution in [1.82, 2.24) is 4.31 Å². The van der Waals surface area contributed by atoms with Gasteiger partial charge in [-0.1, -0.05) is 12.5 Å². The summed E-state index contributed by atoms with van der Waals surface area (Å²) in [6.45, 7) is 1.62. The first-order chi connectivity index (χ1) is 16.4. The van der Waals surface area contributed by atoms with Crippen molar-refractivity contribution in [2.75, 3.05) is 29.9 Å². The van der Waals surface area contributed by atoms with Crippen molar-refractivity contribution in [3.8, 4) is 0 Å². The van der Waals surface area contributed by atoms with Gasteiger partial charge in [-0.15, -0.1) is 11.3 Å². The Balaban J connectivity index is 1.30. The second kappa shape index (κ2) is 9.32. The van der Waals surface area contributed by atoms with Gasteiger partial charge in [0.05, 0.1) is 9.77 Å². The topological polar surface area (TPSA) is 86.8 Å². The molecule has 2 amide bonds. The van der Waals surface area contributed by atoms with Gasteiger partial charge in [-0.2, -0.15) is 4.31 Å². The van der Waals surface area contributed by atoms with Gasteiger partial charge in [0.2, 0.25) is 10.0 Å². The molecule has 1 fully saturated rings. The van der Waals surface area contributed by atoms with Gasteiger partial charge in [0.1, 0.15) is 0 Å². The zero-order valence-electron chi connectivity index (χ0n) is 18.6. The average Bonchev–Trinajstić information content (AvgIpc) is 3.55. The third-order valence-electron chi connectivity index (χ3n) is 6.28. The Kier molecular flexibility index (Phi) is 6.24. The maximum Gasteiger partial charge on any atom is 0.265 e. The van der Waals surface area contributed by atoms with Crippen LogP contribution < -0.4 is 10.2 Å². The fourth-order valence-electron chi connectivity index (χ4n) is 4.46. The van der Waals surface area contributed by atoms with Crippen molar-refractivity contribution in [2.24, 2.45) is 0 Å². The molecule has 2 aliphatic rings. The zero-order valence-corrected chi connectivity index (χ0v) is 20.2. The highest BCUT2D eigenvalue weighted by molar-refractivity contribution is 7.89. The molecule has 7 nitrogen and oxygen atoms in total. The number of fused-ring (bicyclic) bond motifs is 1. The number of hydrogen-bond donors (Lipinski definition) is 1. The minimum atomic E-state index is -3.51. The molecule has 0 atom stereocenters. The summed E-state index contributed by atoms with van der Waals surface area (Å²) >= 11 is 1.37. The lowest BCUT2D eigenvalue weighted by molar-refractivity contribution is 0.0988. The standard InChI is InChI=1S/C25H25N3O4S2/c29-24(23-5-4-16-33-23)26-20-8-6-18(7-9-20)25(30)28-15-12-19-17-21(10-11-22(19)28)34(31,32)27-13-2-1-3-14-27/h4-11,16-17H,1-3,12-15H2,(H,26,29). The predicted molar refractivity (Wildman–Crippen MR) is 133 cm³/mol. The molecular weight excluding hydrogens is 470 g/mol. The van der Waals surface area contributed by atoms with E-state index in [9.17, 15) is 18.0 Å². The van der Waals surface area contributed by atoms with Crippen molar-refractivity contribution in [3.63, 3.8) is 0 Å². The lowest BCUT2D eigenvalue weighted by Crippen LogP contribution is -2.35. The minimum Gasteiger partial charge on any atom is -0.321 e. The Labute approximate surface area is 203 Å². The molecular formula is C25H25N3O4S2. The van der Waals surface area contributed by atoms with Gasteiger partial charge in [-0.3, -0.25) is 9.59 Å². The molecule has 0 saturated carbocycles. The van der Waals surface area contributed by atoms with E-state index >= 15 is 0 Å². The number of benzene rings is 2. The van der Waals surface area contributed by atoms with E-state index in [4.69, 9.17) is 0 Å². The van der Waals surface area contributed by atoms with Crippen LogP contribution in [0.3, 0.4) is 0 Å². The molecule has 176 valence electrons. The summed E-state index contributed by atoms with van der Waals surface area (Å²) in [5.74, 6) is -0.334. The van der Waals surface area contributed by atoms with Crippen molar-refractivity contribution in [2.45, 2.75) is 30.6 Å². The van der Waals surface area contributed by atoms with Crippen LogP contribution in [-0.2, 0) is 16.4 Å². The highest BCUT2D eigenvalue weighted by Gasteiger charge is 2.30. The molecule has 0 aliphatic carbocycles. The maximum absolute atomic E-state index is 13.2. The normalized spacial score (nSPS) is 16.3. The van der Waals surface area contributed by atoms with E-state index in [2.05, 4.69) is 5.32 Å². The van der Waals surface area contributed by atoms with Gasteiger partial charge >= 0.3 is 0 Å². The molecule has 1 N–H and O–H groups in total. The van der Waals surface area contributed by atoms with E-state index in [-0.39, 0.29) is 11.8 Å². The summed E-state index contributed by atoms with van der Waals surface area (Å²) in [5, 5.41) is 4.67. The van der Waals surface area contributed by atoms with Gasteiger partial charge in [-0.05, 0) is 78.7 Å². The van der Waals surface area contributed by atoms with E-state index in [0.29, 0.717) is 47.1 Å². The number of thiophene rings is 1. The monoisotopic (exact) mass is 495 g/mol. The number of nitrogens with zero attached hydrogens (tertiary/aromatic N) is 2. The van der Waals surface area contributed by atoms with E-state index in [0.717, 1.165) is 30.5 Å². The first kappa shape index (κ1) is 22.8. The van der Waals surface area contributed by atoms with Crippen LogP contribution in [-0.4, -0.2) is 44.2 Å². The summed E-state index contributed by atoms with van der Waals surface area (Å²) in [6.07, 6.45) is 3.46. The maximum atomic E-state index is 13.2. The third-order valence-corrected chi connectivity index (χ3v) is 9.04. The van der Waals surface area contributed by atoms with Crippen LogP contribution in [0.4, 0.5) is 11.4 Å². The first-order valence-electron chi connectivity index (χ1n) is 11.3. The van der Waals surface area contributed by atoms with Crippen LogP contribution in [0, 0.1) is 0 Å². The molecule has 0 radical (unpaired) electrons. The van der Waals surface area contributed by atoms with Gasteiger partial charge in [0, 0.05) is 36.6 Å². The van der Waals surface area contributed by atoms with Crippen molar-refractivity contribution >= 4 is 44.5 Å². The summed E-state index contributed by atoms with van der Waals surface area (Å²) in [5.41, 5.74) is 2.74. The van der Waals surface area contributed by atoms with Crippen LogP contribution in [0.2, 0.25) is 0 Å². The lowest BCUT2D eigenvalue weighted by atomic mass is 10.1. The second-order valence-corrected chi connectivity index (χ2v) is 11.4. The van der Waals surface area contributed by atoms with Gasteiger partial charge < -0.3 is 10.2 Å². The number of sulfonamides is 1. The molecule has 2 aromatic carbocycles. The van der Waals surface area contributed by atoms with Crippen LogP contribution in [0.5, 0.6) is 0 Å². The number of hydrogen-bond acceptors (Lipinski definition) is 5. The fraction of sp³-hybridized carbons (Fsp3) is 0.280. The van der Waals surface area contributed by atoms with Gasteiger partial charge in [-0.25, -0.2) is 8.42 Å². The molecule has 3 aromatic rings. The molecule has 34 heavy (non-hydrogen) atoms. The number of carbonyl (C=O) groups excluding carboxylic acids is 2. The van der Waals surface area contributed by atoms with Gasteiger partial charge in [0.15, 0.2) is 0 Å². The highest BCUT2D eigenvalue weighted by atomic mass is 32.2. The molecule has 0 unspecified atom stereocenters. The molecule has 5 rings (SSSR count). The summed E-state index contributed by atoms with van der Waals surface area (Å²) in [6, 6.07) is 15.5. The van der Waals surface area contributed by atoms with E-state index in [1.165, 1.54) is 11.3 Å². The molecule has 9 heteroatoms. The summed E-state index contributed by atoms with van der Waals surface area (Å²) in [4.78, 5) is 28.0. The third kappa shape index (κ3) is 4.38. The van der Waals surface area contributed by atoms with Crippen molar-refractivity contribution in [1.29, 1.82) is 0 Å². The molecule has 2 aliphatic heterocycles. The number of nitrogens with one attached hydrogen (secondary N) is 1. The average molecular weight is 496 g/mol. The number of anilines is 2. The Hall–Kier alpha value is -3.01. The number of amides is 2. The molecule has 0 spiro atoms. The van der Waals surface area contributed by atoms with Crippen LogP contribution in [0.15, 0.2) is 64.9 Å². The first-order valence-corrected chi connectivity index (χ1v) is 13.7. The molecule has 0 bridgehead atoms. The van der Waals surface area contributed by atoms with Crippen molar-refractivity contribution < 1.29 is 18.0 Å². The van der Waals surface area contributed by atoms with E-state index < -0.39 is 10.0 Å². The minimum absolute atomic E-state index is 0.151. The SMILES string of the molecule is O=C(Nc1ccc(C(=O)N2CCc3cc(S(=O)(=O)N4CCCCC4)ccc32)cc1)c1cccs1. The zero-order chi connectivity index (χ0) is 23.7. The molecule has 3 heterocycles. The quantitative estimate of drug-likeness (QED) is 0.569. The Morgan fingerprint density at radius 3 is 2.38 bits per heavy atom. The molecule has 1 saturated heterocycles. The second-order valence-electron chi connectivity index (χ2n) is 8.47. The number of piperidine rings is 1.